The van der Waals surface area contributed by atoms with E-state index in [0.717, 1.165) is 60.8 Å². The van der Waals surface area contributed by atoms with Crippen LogP contribution < -0.4 is 14.5 Å². The SMILES string of the molecule is CN1C(=O)COc2nc(-c3ccc(CN4CCN(c5ccc(C=O)c(O)c5)CC4)cc3)c(-c3ccccc3)cc21. The Morgan fingerprint density at radius 3 is 2.38 bits per heavy atom. The number of anilines is 2. The maximum Gasteiger partial charge on any atom is 0.264 e. The van der Waals surface area contributed by atoms with E-state index in [1.54, 1.807) is 24.1 Å². The zero-order chi connectivity index (χ0) is 27.6. The number of amides is 1. The van der Waals surface area contributed by atoms with Gasteiger partial charge in [-0.05, 0) is 29.3 Å². The third-order valence-electron chi connectivity index (χ3n) is 7.63. The topological polar surface area (TPSA) is 86.2 Å². The van der Waals surface area contributed by atoms with Crippen molar-refractivity contribution in [3.05, 3.63) is 90.0 Å². The number of hydrogen-bond acceptors (Lipinski definition) is 7. The second-order valence-corrected chi connectivity index (χ2v) is 10.1. The molecular weight excluding hydrogens is 504 g/mol. The predicted molar refractivity (Wildman–Crippen MR) is 155 cm³/mol. The minimum Gasteiger partial charge on any atom is -0.507 e. The number of hydrogen-bond donors (Lipinski definition) is 1. The van der Waals surface area contributed by atoms with Crippen LogP contribution >= 0.6 is 0 Å². The molecule has 2 aliphatic rings. The Labute approximate surface area is 233 Å². The highest BCUT2D eigenvalue weighted by Gasteiger charge is 2.26. The lowest BCUT2D eigenvalue weighted by Crippen LogP contribution is -2.45. The summed E-state index contributed by atoms with van der Waals surface area (Å²) < 4.78 is 5.70. The first-order valence-corrected chi connectivity index (χ1v) is 13.3. The lowest BCUT2D eigenvalue weighted by molar-refractivity contribution is -0.121. The maximum absolute atomic E-state index is 12.2. The summed E-state index contributed by atoms with van der Waals surface area (Å²) in [6.07, 6.45) is 0.668. The van der Waals surface area contributed by atoms with Gasteiger partial charge in [0.25, 0.3) is 5.91 Å². The first-order chi connectivity index (χ1) is 19.5. The van der Waals surface area contributed by atoms with Crippen LogP contribution in [-0.2, 0) is 11.3 Å². The van der Waals surface area contributed by atoms with Crippen LogP contribution in [0.25, 0.3) is 22.4 Å². The molecule has 4 aromatic rings. The Balaban J connectivity index is 1.19. The van der Waals surface area contributed by atoms with Crippen LogP contribution in [0.1, 0.15) is 15.9 Å². The van der Waals surface area contributed by atoms with E-state index in [4.69, 9.17) is 9.72 Å². The molecule has 3 aromatic carbocycles. The van der Waals surface area contributed by atoms with Crippen LogP contribution in [0, 0.1) is 0 Å². The van der Waals surface area contributed by atoms with E-state index in [2.05, 4.69) is 34.1 Å². The molecule has 0 aliphatic carbocycles. The van der Waals surface area contributed by atoms with Gasteiger partial charge in [-0.2, -0.15) is 0 Å². The summed E-state index contributed by atoms with van der Waals surface area (Å²) in [6, 6.07) is 25.8. The maximum atomic E-state index is 12.2. The zero-order valence-corrected chi connectivity index (χ0v) is 22.3. The number of aromatic nitrogens is 1. The van der Waals surface area contributed by atoms with E-state index in [0.29, 0.717) is 23.4 Å². The van der Waals surface area contributed by atoms with Gasteiger partial charge in [0.05, 0.1) is 11.3 Å². The molecule has 0 unspecified atom stereocenters. The summed E-state index contributed by atoms with van der Waals surface area (Å²) in [4.78, 5) is 34.4. The molecule has 1 fully saturated rings. The molecule has 8 nitrogen and oxygen atoms in total. The van der Waals surface area contributed by atoms with Crippen molar-refractivity contribution >= 4 is 23.6 Å². The van der Waals surface area contributed by atoms with Gasteiger partial charge in [0.15, 0.2) is 12.9 Å². The normalized spacial score (nSPS) is 15.5. The summed E-state index contributed by atoms with van der Waals surface area (Å²) in [5.74, 6) is 0.388. The summed E-state index contributed by atoms with van der Waals surface area (Å²) in [7, 11) is 1.75. The fraction of sp³-hybridized carbons (Fsp3) is 0.219. The Morgan fingerprint density at radius 2 is 1.68 bits per heavy atom. The predicted octanol–water partition coefficient (Wildman–Crippen LogP) is 4.61. The van der Waals surface area contributed by atoms with Gasteiger partial charge in [0.2, 0.25) is 5.88 Å². The van der Waals surface area contributed by atoms with Crippen molar-refractivity contribution in [2.45, 2.75) is 6.54 Å². The molecule has 202 valence electrons. The molecule has 1 aromatic heterocycles. The first kappa shape index (κ1) is 25.6. The van der Waals surface area contributed by atoms with Gasteiger partial charge < -0.3 is 19.6 Å². The van der Waals surface area contributed by atoms with E-state index >= 15 is 0 Å². The van der Waals surface area contributed by atoms with Crippen LogP contribution in [0.3, 0.4) is 0 Å². The smallest absolute Gasteiger partial charge is 0.264 e. The summed E-state index contributed by atoms with van der Waals surface area (Å²) in [5.41, 5.74) is 6.89. The molecule has 0 bridgehead atoms. The number of fused-ring (bicyclic) bond motifs is 1. The number of likely N-dealkylation sites (N-methyl/N-ethyl adjacent to an activating group) is 1. The highest BCUT2D eigenvalue weighted by atomic mass is 16.5. The molecule has 40 heavy (non-hydrogen) atoms. The third kappa shape index (κ3) is 5.01. The standard InChI is InChI=1S/C32H30N4O4/c1-34-28-18-27(23-5-3-2-4-6-23)31(33-32(28)40-21-30(34)39)24-9-7-22(8-10-24)19-35-13-15-36(16-14-35)26-12-11-25(20-37)29(38)17-26/h2-12,17-18,20,38H,13-16,19,21H2,1H3. The summed E-state index contributed by atoms with van der Waals surface area (Å²) >= 11 is 0. The number of phenols is 1. The van der Waals surface area contributed by atoms with E-state index in [1.165, 1.54) is 5.56 Å². The van der Waals surface area contributed by atoms with E-state index in [9.17, 15) is 14.7 Å². The summed E-state index contributed by atoms with van der Waals surface area (Å²) in [6.45, 7) is 4.29. The number of aromatic hydroxyl groups is 1. The van der Waals surface area contributed by atoms with Crippen molar-refractivity contribution in [1.82, 2.24) is 9.88 Å². The molecule has 0 saturated carbocycles. The lowest BCUT2D eigenvalue weighted by Gasteiger charge is -2.36. The number of nitrogens with zero attached hydrogens (tertiary/aromatic N) is 4. The molecule has 8 heteroatoms. The van der Waals surface area contributed by atoms with Crippen molar-refractivity contribution in [3.8, 4) is 34.0 Å². The van der Waals surface area contributed by atoms with Gasteiger partial charge in [-0.1, -0.05) is 54.6 Å². The molecule has 1 amide bonds. The number of ether oxygens (including phenoxy) is 1. The average Bonchev–Trinajstić information content (AvgIpc) is 3.00. The van der Waals surface area contributed by atoms with Gasteiger partial charge in [-0.3, -0.25) is 14.5 Å². The number of piperazine rings is 1. The van der Waals surface area contributed by atoms with Crippen molar-refractivity contribution in [2.24, 2.45) is 0 Å². The van der Waals surface area contributed by atoms with Gasteiger partial charge >= 0.3 is 0 Å². The third-order valence-corrected chi connectivity index (χ3v) is 7.63. The fourth-order valence-electron chi connectivity index (χ4n) is 5.27. The van der Waals surface area contributed by atoms with Gasteiger partial charge in [-0.15, -0.1) is 0 Å². The highest BCUT2D eigenvalue weighted by molar-refractivity contribution is 5.98. The van der Waals surface area contributed by atoms with Gasteiger partial charge in [0.1, 0.15) is 11.4 Å². The number of carbonyl (C=O) groups excluding carboxylic acids is 2. The molecule has 2 aliphatic heterocycles. The minimum absolute atomic E-state index is 0.0158. The second kappa shape index (κ2) is 10.8. The molecule has 0 spiro atoms. The molecule has 0 atom stereocenters. The highest BCUT2D eigenvalue weighted by Crippen LogP contribution is 2.39. The number of benzene rings is 3. The monoisotopic (exact) mass is 534 g/mol. The molecule has 3 heterocycles. The lowest BCUT2D eigenvalue weighted by atomic mass is 9.97. The van der Waals surface area contributed by atoms with Gasteiger partial charge in [-0.25, -0.2) is 4.98 Å². The van der Waals surface area contributed by atoms with Crippen LogP contribution in [0.5, 0.6) is 11.6 Å². The van der Waals surface area contributed by atoms with Crippen LogP contribution in [0.4, 0.5) is 11.4 Å². The van der Waals surface area contributed by atoms with Crippen molar-refractivity contribution < 1.29 is 19.4 Å². The first-order valence-electron chi connectivity index (χ1n) is 13.3. The Hall–Kier alpha value is -4.69. The van der Waals surface area contributed by atoms with E-state index in [1.807, 2.05) is 42.5 Å². The largest absolute Gasteiger partial charge is 0.507 e. The van der Waals surface area contributed by atoms with Crippen molar-refractivity contribution in [3.63, 3.8) is 0 Å². The Kier molecular flexibility index (Phi) is 6.92. The minimum atomic E-state index is -0.0970. The van der Waals surface area contributed by atoms with Gasteiger partial charge in [0, 0.05) is 62.7 Å². The number of rotatable bonds is 6. The molecule has 1 saturated heterocycles. The molecule has 1 N–H and O–H groups in total. The van der Waals surface area contributed by atoms with Crippen molar-refractivity contribution in [1.29, 1.82) is 0 Å². The molecule has 0 radical (unpaired) electrons. The van der Waals surface area contributed by atoms with E-state index < -0.39 is 0 Å². The second-order valence-electron chi connectivity index (χ2n) is 10.1. The molecular formula is C32H30N4O4. The van der Waals surface area contributed by atoms with Crippen LogP contribution in [0.15, 0.2) is 78.9 Å². The van der Waals surface area contributed by atoms with Crippen LogP contribution in [0.2, 0.25) is 0 Å². The quantitative estimate of drug-likeness (QED) is 0.362. The number of pyridine rings is 1. The Bertz CT molecular complexity index is 1550. The van der Waals surface area contributed by atoms with Crippen molar-refractivity contribution in [2.75, 3.05) is 49.6 Å². The molecule has 6 rings (SSSR count). The summed E-state index contributed by atoms with van der Waals surface area (Å²) in [5, 5.41) is 10.0. The number of aldehydes is 1. The Morgan fingerprint density at radius 1 is 0.925 bits per heavy atom. The average molecular weight is 535 g/mol. The van der Waals surface area contributed by atoms with E-state index in [-0.39, 0.29) is 18.3 Å². The number of carbonyl (C=O) groups is 2. The zero-order valence-electron chi connectivity index (χ0n) is 22.3. The van der Waals surface area contributed by atoms with Crippen LogP contribution in [-0.4, -0.2) is 67.0 Å². The fourth-order valence-corrected chi connectivity index (χ4v) is 5.27. The number of phenolic OH excluding ortho intramolecular Hbond substituents is 1.